The lowest BCUT2D eigenvalue weighted by atomic mass is 9.98. The van der Waals surface area contributed by atoms with Crippen LogP contribution in [0.15, 0.2) is 28.7 Å². The Labute approximate surface area is 119 Å². The summed E-state index contributed by atoms with van der Waals surface area (Å²) in [4.78, 5) is 6.98. The molecule has 0 spiro atoms. The van der Waals surface area contributed by atoms with Gasteiger partial charge in [0, 0.05) is 13.0 Å². The van der Waals surface area contributed by atoms with Gasteiger partial charge in [-0.1, -0.05) is 12.1 Å². The molecule has 1 aromatic heterocycles. The van der Waals surface area contributed by atoms with E-state index in [1.54, 1.807) is 0 Å². The van der Waals surface area contributed by atoms with E-state index in [-0.39, 0.29) is 0 Å². The van der Waals surface area contributed by atoms with Gasteiger partial charge in [-0.05, 0) is 56.9 Å². The van der Waals surface area contributed by atoms with Crippen molar-refractivity contribution < 1.29 is 9.52 Å². The maximum Gasteiger partial charge on any atom is 0.195 e. The maximum absolute atomic E-state index is 9.13. The van der Waals surface area contributed by atoms with Gasteiger partial charge in [0.25, 0.3) is 0 Å². The third-order valence-corrected chi connectivity index (χ3v) is 4.17. The van der Waals surface area contributed by atoms with Crippen molar-refractivity contribution in [2.75, 3.05) is 26.2 Å². The largest absolute Gasteiger partial charge is 0.441 e. The lowest BCUT2D eigenvalue weighted by Crippen LogP contribution is -2.35. The maximum atomic E-state index is 9.13. The van der Waals surface area contributed by atoms with E-state index in [9.17, 15) is 0 Å². The molecule has 2 heterocycles. The van der Waals surface area contributed by atoms with Crippen LogP contribution in [0.2, 0.25) is 0 Å². The second-order valence-electron chi connectivity index (χ2n) is 5.65. The van der Waals surface area contributed by atoms with Crippen LogP contribution in [-0.4, -0.2) is 41.2 Å². The highest BCUT2D eigenvalue weighted by Crippen LogP contribution is 2.18. The van der Waals surface area contributed by atoms with E-state index in [0.717, 1.165) is 62.3 Å². The minimum absolute atomic E-state index is 0.344. The average molecular weight is 274 g/mol. The number of aryl methyl sites for hydroxylation is 1. The summed E-state index contributed by atoms with van der Waals surface area (Å²) in [5.41, 5.74) is 1.83. The first-order valence-corrected chi connectivity index (χ1v) is 7.53. The Morgan fingerprint density at radius 2 is 2.05 bits per heavy atom. The molecule has 1 aromatic carbocycles. The molecule has 20 heavy (non-hydrogen) atoms. The van der Waals surface area contributed by atoms with Crippen molar-refractivity contribution in [2.24, 2.45) is 5.92 Å². The molecule has 0 amide bonds. The number of rotatable bonds is 5. The molecule has 108 valence electrons. The summed E-state index contributed by atoms with van der Waals surface area (Å²) in [6.45, 7) is 3.66. The Morgan fingerprint density at radius 3 is 2.80 bits per heavy atom. The number of nitrogens with zero attached hydrogens (tertiary/aromatic N) is 2. The zero-order valence-corrected chi connectivity index (χ0v) is 11.8. The quantitative estimate of drug-likeness (QED) is 0.910. The number of aromatic nitrogens is 1. The SMILES string of the molecule is OCC1CCN(CCCc2nc3ccccc3o2)CC1. The highest BCUT2D eigenvalue weighted by atomic mass is 16.3. The molecule has 0 radical (unpaired) electrons. The number of piperidine rings is 1. The molecule has 0 aliphatic carbocycles. The number of hydrogen-bond donors (Lipinski definition) is 1. The molecule has 0 atom stereocenters. The van der Waals surface area contributed by atoms with Crippen LogP contribution in [-0.2, 0) is 6.42 Å². The van der Waals surface area contributed by atoms with Gasteiger partial charge in [0.2, 0.25) is 0 Å². The van der Waals surface area contributed by atoms with E-state index in [2.05, 4.69) is 9.88 Å². The number of benzene rings is 1. The van der Waals surface area contributed by atoms with E-state index in [0.29, 0.717) is 12.5 Å². The summed E-state index contributed by atoms with van der Waals surface area (Å²) in [6.07, 6.45) is 4.23. The topological polar surface area (TPSA) is 49.5 Å². The number of aliphatic hydroxyl groups is 1. The van der Waals surface area contributed by atoms with Gasteiger partial charge in [-0.2, -0.15) is 0 Å². The lowest BCUT2D eigenvalue weighted by Gasteiger charge is -2.30. The Balaban J connectivity index is 1.46. The summed E-state index contributed by atoms with van der Waals surface area (Å²) in [7, 11) is 0. The summed E-state index contributed by atoms with van der Waals surface area (Å²) >= 11 is 0. The smallest absolute Gasteiger partial charge is 0.195 e. The van der Waals surface area contributed by atoms with Gasteiger partial charge in [-0.3, -0.25) is 0 Å². The van der Waals surface area contributed by atoms with Crippen LogP contribution in [0.5, 0.6) is 0 Å². The molecule has 4 nitrogen and oxygen atoms in total. The van der Waals surface area contributed by atoms with Crippen LogP contribution >= 0.6 is 0 Å². The van der Waals surface area contributed by atoms with E-state index in [1.807, 2.05) is 24.3 Å². The van der Waals surface area contributed by atoms with Crippen molar-refractivity contribution >= 4 is 11.1 Å². The molecule has 1 N–H and O–H groups in total. The molecular formula is C16H22N2O2. The van der Waals surface area contributed by atoms with E-state index in [4.69, 9.17) is 9.52 Å². The van der Waals surface area contributed by atoms with Gasteiger partial charge >= 0.3 is 0 Å². The molecule has 0 saturated carbocycles. The molecular weight excluding hydrogens is 252 g/mol. The predicted molar refractivity (Wildman–Crippen MR) is 78.6 cm³/mol. The number of aliphatic hydroxyl groups excluding tert-OH is 1. The first-order chi connectivity index (χ1) is 9.85. The van der Waals surface area contributed by atoms with Gasteiger partial charge in [-0.25, -0.2) is 4.98 Å². The Hall–Kier alpha value is -1.39. The second-order valence-corrected chi connectivity index (χ2v) is 5.65. The Bertz CT molecular complexity index is 511. The van der Waals surface area contributed by atoms with Crippen LogP contribution in [0.25, 0.3) is 11.1 Å². The normalized spacial score (nSPS) is 17.9. The van der Waals surface area contributed by atoms with Crippen LogP contribution in [0.1, 0.15) is 25.2 Å². The van der Waals surface area contributed by atoms with Crippen molar-refractivity contribution in [3.8, 4) is 0 Å². The van der Waals surface area contributed by atoms with Gasteiger partial charge < -0.3 is 14.4 Å². The van der Waals surface area contributed by atoms with Crippen molar-refractivity contribution in [1.29, 1.82) is 0 Å². The van der Waals surface area contributed by atoms with Crippen molar-refractivity contribution in [3.05, 3.63) is 30.2 Å². The summed E-state index contributed by atoms with van der Waals surface area (Å²) in [6, 6.07) is 7.91. The van der Waals surface area contributed by atoms with Crippen LogP contribution in [0.3, 0.4) is 0 Å². The highest BCUT2D eigenvalue weighted by Gasteiger charge is 2.18. The molecule has 2 aromatic rings. The molecule has 1 aliphatic heterocycles. The fraction of sp³-hybridized carbons (Fsp3) is 0.562. The summed E-state index contributed by atoms with van der Waals surface area (Å²) < 4.78 is 5.73. The first kappa shape index (κ1) is 13.6. The number of hydrogen-bond acceptors (Lipinski definition) is 4. The van der Waals surface area contributed by atoms with Crippen LogP contribution in [0, 0.1) is 5.92 Å². The van der Waals surface area contributed by atoms with Crippen molar-refractivity contribution in [1.82, 2.24) is 9.88 Å². The summed E-state index contributed by atoms with van der Waals surface area (Å²) in [5, 5.41) is 9.13. The molecule has 1 fully saturated rings. The van der Waals surface area contributed by atoms with E-state index < -0.39 is 0 Å². The minimum atomic E-state index is 0.344. The standard InChI is InChI=1S/C16H22N2O2/c19-12-13-7-10-18(11-8-13)9-3-6-16-17-14-4-1-2-5-15(14)20-16/h1-2,4-5,13,19H,3,6-12H2. The zero-order valence-electron chi connectivity index (χ0n) is 11.8. The van der Waals surface area contributed by atoms with E-state index >= 15 is 0 Å². The van der Waals surface area contributed by atoms with Gasteiger partial charge in [0.15, 0.2) is 11.5 Å². The lowest BCUT2D eigenvalue weighted by molar-refractivity contribution is 0.130. The van der Waals surface area contributed by atoms with Crippen LogP contribution < -0.4 is 0 Å². The van der Waals surface area contributed by atoms with Gasteiger partial charge in [0.05, 0.1) is 0 Å². The number of para-hydroxylation sites is 2. The zero-order chi connectivity index (χ0) is 13.8. The monoisotopic (exact) mass is 274 g/mol. The van der Waals surface area contributed by atoms with Crippen molar-refractivity contribution in [3.63, 3.8) is 0 Å². The number of oxazole rings is 1. The molecule has 3 rings (SSSR count). The fourth-order valence-corrected chi connectivity index (χ4v) is 2.87. The Morgan fingerprint density at radius 1 is 1.25 bits per heavy atom. The third-order valence-electron chi connectivity index (χ3n) is 4.17. The Kier molecular flexibility index (Phi) is 4.33. The minimum Gasteiger partial charge on any atom is -0.441 e. The molecule has 0 unspecified atom stereocenters. The fourth-order valence-electron chi connectivity index (χ4n) is 2.87. The second kappa shape index (κ2) is 6.37. The molecule has 1 aliphatic rings. The molecule has 4 heteroatoms. The molecule has 0 bridgehead atoms. The van der Waals surface area contributed by atoms with Gasteiger partial charge in [-0.15, -0.1) is 0 Å². The average Bonchev–Trinajstić information content (AvgIpc) is 2.90. The van der Waals surface area contributed by atoms with E-state index in [1.165, 1.54) is 0 Å². The highest BCUT2D eigenvalue weighted by molar-refractivity contribution is 5.72. The van der Waals surface area contributed by atoms with Crippen LogP contribution in [0.4, 0.5) is 0 Å². The summed E-state index contributed by atoms with van der Waals surface area (Å²) in [5.74, 6) is 1.36. The first-order valence-electron chi connectivity index (χ1n) is 7.53. The van der Waals surface area contributed by atoms with Gasteiger partial charge in [0.1, 0.15) is 5.52 Å². The van der Waals surface area contributed by atoms with Crippen molar-refractivity contribution in [2.45, 2.75) is 25.7 Å². The number of likely N-dealkylation sites (tertiary alicyclic amines) is 1. The number of fused-ring (bicyclic) bond motifs is 1. The molecule has 1 saturated heterocycles. The predicted octanol–water partition coefficient (Wildman–Crippen LogP) is 2.46. The third kappa shape index (κ3) is 3.19.